The lowest BCUT2D eigenvalue weighted by atomic mass is 9.81. The highest BCUT2D eigenvalue weighted by atomic mass is 15.2. The highest BCUT2D eigenvalue weighted by molar-refractivity contribution is 6.09. The van der Waals surface area contributed by atoms with Crippen molar-refractivity contribution in [1.29, 1.82) is 0 Å². The number of para-hydroxylation sites is 1. The minimum absolute atomic E-state index is 0.0380. The molecule has 5 aromatic rings. The summed E-state index contributed by atoms with van der Waals surface area (Å²) >= 11 is 0. The van der Waals surface area contributed by atoms with E-state index in [9.17, 15) is 0 Å². The van der Waals surface area contributed by atoms with E-state index in [0.717, 1.165) is 47.2 Å². The van der Waals surface area contributed by atoms with Crippen LogP contribution in [0.1, 0.15) is 67.9 Å². The summed E-state index contributed by atoms with van der Waals surface area (Å²) in [5.74, 6) is 1.26. The number of anilines is 2. The molecule has 60 heavy (non-hydrogen) atoms. The average Bonchev–Trinajstić information content (AvgIpc) is 3.73. The maximum atomic E-state index is 6.65. The molecule has 4 heteroatoms. The van der Waals surface area contributed by atoms with E-state index in [1.54, 1.807) is 0 Å². The van der Waals surface area contributed by atoms with Crippen molar-refractivity contribution < 1.29 is 0 Å². The van der Waals surface area contributed by atoms with Crippen LogP contribution in [0.25, 0.3) is 22.4 Å². The Morgan fingerprint density at radius 1 is 0.867 bits per heavy atom. The third kappa shape index (κ3) is 7.43. The Kier molecular flexibility index (Phi) is 10.7. The van der Waals surface area contributed by atoms with E-state index < -0.39 is 0 Å². The van der Waals surface area contributed by atoms with Gasteiger partial charge < -0.3 is 16.0 Å². The molecule has 0 aromatic heterocycles. The molecule has 0 radical (unpaired) electrons. The lowest BCUT2D eigenvalue weighted by Crippen LogP contribution is -2.33. The van der Waals surface area contributed by atoms with Gasteiger partial charge in [-0.3, -0.25) is 4.99 Å². The van der Waals surface area contributed by atoms with Crippen molar-refractivity contribution in [2.75, 3.05) is 10.2 Å². The van der Waals surface area contributed by atoms with Crippen molar-refractivity contribution in [2.45, 2.75) is 58.0 Å². The fourth-order valence-corrected chi connectivity index (χ4v) is 9.75. The van der Waals surface area contributed by atoms with Gasteiger partial charge in [-0.1, -0.05) is 172 Å². The second kappa shape index (κ2) is 16.5. The minimum Gasteiger partial charge on any atom is -0.398 e. The van der Waals surface area contributed by atoms with Crippen LogP contribution in [0.4, 0.5) is 11.4 Å². The Hall–Kier alpha value is -6.65. The highest BCUT2D eigenvalue weighted by Crippen LogP contribution is 2.53. The molecule has 1 aliphatic heterocycles. The van der Waals surface area contributed by atoms with E-state index in [1.807, 2.05) is 60.7 Å². The third-order valence-electron chi connectivity index (χ3n) is 12.8. The van der Waals surface area contributed by atoms with Gasteiger partial charge in [0.15, 0.2) is 0 Å². The summed E-state index contributed by atoms with van der Waals surface area (Å²) in [6.45, 7) is 12.0. The number of rotatable bonds is 10. The number of benzene rings is 5. The topological polar surface area (TPSA) is 53.6 Å². The molecule has 0 spiro atoms. The molecule has 9 rings (SSSR count). The van der Waals surface area contributed by atoms with Crippen molar-refractivity contribution in [3.8, 4) is 11.1 Å². The molecule has 4 aliphatic rings. The monoisotopic (exact) mass is 782 g/mol. The predicted molar refractivity (Wildman–Crippen MR) is 255 cm³/mol. The van der Waals surface area contributed by atoms with Gasteiger partial charge in [0.2, 0.25) is 0 Å². The molecule has 298 valence electrons. The zero-order valence-corrected chi connectivity index (χ0v) is 35.0. The number of hydrogen-bond acceptors (Lipinski definition) is 3. The minimum atomic E-state index is -0.0380. The quantitative estimate of drug-likeness (QED) is 0.0642. The van der Waals surface area contributed by atoms with Crippen LogP contribution < -0.4 is 16.0 Å². The molecule has 0 saturated carbocycles. The van der Waals surface area contributed by atoms with Gasteiger partial charge in [-0.05, 0) is 94.5 Å². The first kappa shape index (κ1) is 38.8. The number of amidine groups is 1. The molecular formula is C56H54N4. The van der Waals surface area contributed by atoms with Gasteiger partial charge >= 0.3 is 0 Å². The van der Waals surface area contributed by atoms with Crippen LogP contribution >= 0.6 is 0 Å². The van der Waals surface area contributed by atoms with Crippen LogP contribution in [0, 0.1) is 11.8 Å². The van der Waals surface area contributed by atoms with Crippen LogP contribution in [0.2, 0.25) is 0 Å². The SMILES string of the molecule is C=C(/C=C(\C=C/C)C1C=C2C(=CC1)N(c1ccc3c(c1)C(C)(C)c1ccccc1-3)C1CCC=CC21)c1ccccc1NC(/C=C(\N)c1ccccc1)=NCc1ccccc1. The van der Waals surface area contributed by atoms with Crippen LogP contribution in [-0.4, -0.2) is 11.9 Å². The molecule has 3 N–H and O–H groups in total. The second-order valence-electron chi connectivity index (χ2n) is 16.9. The summed E-state index contributed by atoms with van der Waals surface area (Å²) in [7, 11) is 0. The van der Waals surface area contributed by atoms with Crippen molar-refractivity contribution >= 4 is 28.5 Å². The Labute approximate surface area is 356 Å². The molecule has 3 unspecified atom stereocenters. The number of fused-ring (bicyclic) bond motifs is 6. The Balaban J connectivity index is 1.01. The predicted octanol–water partition coefficient (Wildman–Crippen LogP) is 13.2. The summed E-state index contributed by atoms with van der Waals surface area (Å²) in [5.41, 5.74) is 23.2. The van der Waals surface area contributed by atoms with Crippen LogP contribution in [0.15, 0.2) is 204 Å². The van der Waals surface area contributed by atoms with E-state index in [-0.39, 0.29) is 11.3 Å². The molecule has 1 heterocycles. The first-order chi connectivity index (χ1) is 29.3. The summed E-state index contributed by atoms with van der Waals surface area (Å²) < 4.78 is 0. The summed E-state index contributed by atoms with van der Waals surface area (Å²) in [6.07, 6.45) is 21.7. The van der Waals surface area contributed by atoms with E-state index in [0.29, 0.717) is 30.0 Å². The summed E-state index contributed by atoms with van der Waals surface area (Å²) in [5, 5.41) is 3.64. The first-order valence-corrected chi connectivity index (χ1v) is 21.4. The first-order valence-electron chi connectivity index (χ1n) is 21.4. The van der Waals surface area contributed by atoms with E-state index in [1.165, 1.54) is 44.8 Å². The smallest absolute Gasteiger partial charge is 0.127 e. The number of allylic oxidation sites excluding steroid dienone is 9. The van der Waals surface area contributed by atoms with Crippen LogP contribution in [0.3, 0.4) is 0 Å². The van der Waals surface area contributed by atoms with E-state index >= 15 is 0 Å². The zero-order chi connectivity index (χ0) is 41.2. The highest BCUT2D eigenvalue weighted by Gasteiger charge is 2.44. The number of nitrogens with one attached hydrogen (secondary N) is 1. The molecule has 4 nitrogen and oxygen atoms in total. The fourth-order valence-electron chi connectivity index (χ4n) is 9.75. The van der Waals surface area contributed by atoms with Crippen molar-refractivity contribution in [1.82, 2.24) is 0 Å². The average molecular weight is 783 g/mol. The van der Waals surface area contributed by atoms with Crippen molar-refractivity contribution in [2.24, 2.45) is 22.6 Å². The van der Waals surface area contributed by atoms with Crippen LogP contribution in [-0.2, 0) is 12.0 Å². The number of hydrogen-bond donors (Lipinski definition) is 2. The summed E-state index contributed by atoms with van der Waals surface area (Å²) in [4.78, 5) is 7.69. The maximum absolute atomic E-state index is 6.65. The molecule has 0 bridgehead atoms. The van der Waals surface area contributed by atoms with Gasteiger partial charge in [0, 0.05) is 57.7 Å². The van der Waals surface area contributed by atoms with E-state index in [4.69, 9.17) is 10.7 Å². The normalized spacial score (nSPS) is 20.6. The van der Waals surface area contributed by atoms with Gasteiger partial charge in [0.05, 0.1) is 6.54 Å². The Bertz CT molecular complexity index is 2650. The molecular weight excluding hydrogens is 729 g/mol. The molecule has 3 aliphatic carbocycles. The third-order valence-corrected chi connectivity index (χ3v) is 12.8. The van der Waals surface area contributed by atoms with Crippen molar-refractivity contribution in [3.63, 3.8) is 0 Å². The molecule has 0 amide bonds. The number of nitrogens with two attached hydrogens (primary N) is 1. The zero-order valence-electron chi connectivity index (χ0n) is 35.0. The second-order valence-corrected chi connectivity index (χ2v) is 16.9. The molecule has 1 fully saturated rings. The molecule has 5 aromatic carbocycles. The van der Waals surface area contributed by atoms with Gasteiger partial charge in [0.1, 0.15) is 5.84 Å². The van der Waals surface area contributed by atoms with Gasteiger partial charge in [-0.25, -0.2) is 0 Å². The summed E-state index contributed by atoms with van der Waals surface area (Å²) in [6, 6.07) is 45.2. The fraction of sp³-hybridized carbons (Fsp3) is 0.196. The van der Waals surface area contributed by atoms with Gasteiger partial charge in [-0.15, -0.1) is 0 Å². The van der Waals surface area contributed by atoms with Gasteiger partial charge in [-0.2, -0.15) is 0 Å². The lowest BCUT2D eigenvalue weighted by molar-refractivity contribution is 0.536. The van der Waals surface area contributed by atoms with Crippen LogP contribution in [0.5, 0.6) is 0 Å². The molecule has 1 saturated heterocycles. The van der Waals surface area contributed by atoms with Crippen molar-refractivity contribution in [3.05, 3.63) is 227 Å². The number of nitrogens with zero attached hydrogens (tertiary/aromatic N) is 2. The number of aliphatic imine (C=N–C) groups is 1. The standard InChI is InChI=1S/C56H54N4/c1-5-18-41(33-38(2)44-23-13-16-27-52(44)59-55(58-37-39-19-8-6-9-20-39)36-51(57)40-21-10-7-11-22-40)42-29-32-54-48(34-42)47-25-14-17-28-53(47)60(54)43-30-31-46-45-24-12-15-26-49(45)56(3,4)50(46)35-43/h5-16,18-27,30-36,42,47,53H,2,17,28-29,37,57H2,1,3-4H3,(H,58,59)/b18-5-,41-33+,51-36-. The van der Waals surface area contributed by atoms with Gasteiger partial charge in [0.25, 0.3) is 0 Å². The molecule has 3 atom stereocenters. The Morgan fingerprint density at radius 3 is 2.42 bits per heavy atom. The lowest BCUT2D eigenvalue weighted by Gasteiger charge is -2.32. The largest absolute Gasteiger partial charge is 0.398 e. The maximum Gasteiger partial charge on any atom is 0.127 e. The van der Waals surface area contributed by atoms with E-state index in [2.05, 4.69) is 153 Å². The Morgan fingerprint density at radius 2 is 1.60 bits per heavy atom.